The van der Waals surface area contributed by atoms with Gasteiger partial charge in [0.15, 0.2) is 11.5 Å². The van der Waals surface area contributed by atoms with Gasteiger partial charge < -0.3 is 20.1 Å². The summed E-state index contributed by atoms with van der Waals surface area (Å²) in [5.41, 5.74) is 0.786. The highest BCUT2D eigenvalue weighted by atomic mass is 32.2. The number of fused-ring (bicyclic) bond motifs is 1. The van der Waals surface area contributed by atoms with Crippen molar-refractivity contribution in [2.24, 2.45) is 0 Å². The summed E-state index contributed by atoms with van der Waals surface area (Å²) in [5, 5.41) is 5.65. The number of sulfonamides is 1. The first-order chi connectivity index (χ1) is 15.9. The van der Waals surface area contributed by atoms with Gasteiger partial charge in [0, 0.05) is 24.6 Å². The lowest BCUT2D eigenvalue weighted by Gasteiger charge is -2.25. The van der Waals surface area contributed by atoms with E-state index in [1.54, 1.807) is 42.5 Å². The third kappa shape index (κ3) is 6.86. The van der Waals surface area contributed by atoms with Crippen LogP contribution in [0.25, 0.3) is 0 Å². The molecule has 2 aromatic rings. The van der Waals surface area contributed by atoms with Crippen LogP contribution in [0.1, 0.15) is 44.0 Å². The summed E-state index contributed by atoms with van der Waals surface area (Å²) in [6.07, 6.45) is 1.48. The van der Waals surface area contributed by atoms with Gasteiger partial charge in [0.1, 0.15) is 13.2 Å². The zero-order valence-corrected chi connectivity index (χ0v) is 20.7. The van der Waals surface area contributed by atoms with Gasteiger partial charge in [-0.1, -0.05) is 12.1 Å². The predicted molar refractivity (Wildman–Crippen MR) is 131 cm³/mol. The molecule has 0 bridgehead atoms. The van der Waals surface area contributed by atoms with Gasteiger partial charge in [0.2, 0.25) is 15.9 Å². The number of nitrogens with zero attached hydrogens (tertiary/aromatic N) is 1. The van der Waals surface area contributed by atoms with E-state index in [2.05, 4.69) is 10.6 Å². The summed E-state index contributed by atoms with van der Waals surface area (Å²) in [7, 11) is -3.58. The van der Waals surface area contributed by atoms with E-state index in [-0.39, 0.29) is 31.2 Å². The van der Waals surface area contributed by atoms with Crippen LogP contribution in [0.3, 0.4) is 0 Å². The van der Waals surface area contributed by atoms with Crippen molar-refractivity contribution in [2.75, 3.05) is 35.6 Å². The molecule has 0 saturated heterocycles. The van der Waals surface area contributed by atoms with E-state index in [9.17, 15) is 18.0 Å². The van der Waals surface area contributed by atoms with Crippen LogP contribution in [0.15, 0.2) is 42.5 Å². The minimum absolute atomic E-state index is 0.0752. The van der Waals surface area contributed by atoms with Gasteiger partial charge in [-0.3, -0.25) is 13.9 Å². The number of para-hydroxylation sites is 1. The molecular weight excluding hydrogens is 458 g/mol. The number of carbonyl (C=O) groups excluding carboxylic acids is 2. The summed E-state index contributed by atoms with van der Waals surface area (Å²) in [4.78, 5) is 25.2. The number of hydrogen-bond acceptors (Lipinski definition) is 6. The minimum Gasteiger partial charge on any atom is -0.486 e. The smallest absolute Gasteiger partial charge is 0.253 e. The summed E-state index contributed by atoms with van der Waals surface area (Å²) >= 11 is 0. The second-order valence-electron chi connectivity index (χ2n) is 9.06. The number of nitrogens with one attached hydrogen (secondary N) is 2. The molecule has 0 spiro atoms. The van der Waals surface area contributed by atoms with Crippen LogP contribution in [0.4, 0.5) is 11.4 Å². The first kappa shape index (κ1) is 25.4. The molecule has 0 aromatic heterocycles. The highest BCUT2D eigenvalue weighted by Crippen LogP contribution is 2.34. The van der Waals surface area contributed by atoms with Gasteiger partial charge in [-0.2, -0.15) is 0 Å². The Bertz CT molecular complexity index is 1160. The van der Waals surface area contributed by atoms with E-state index in [4.69, 9.17) is 9.47 Å². The van der Waals surface area contributed by atoms with E-state index in [1.807, 2.05) is 20.8 Å². The topological polar surface area (TPSA) is 114 Å². The van der Waals surface area contributed by atoms with Gasteiger partial charge in [-0.05, 0) is 51.5 Å². The number of rotatable bonds is 8. The third-order valence-electron chi connectivity index (χ3n) is 4.91. The molecule has 3 rings (SSSR count). The minimum atomic E-state index is -3.58. The van der Waals surface area contributed by atoms with Gasteiger partial charge >= 0.3 is 0 Å². The first-order valence-electron chi connectivity index (χ1n) is 11.0. The summed E-state index contributed by atoms with van der Waals surface area (Å²) in [6.45, 7) is 6.57. The van der Waals surface area contributed by atoms with Gasteiger partial charge in [-0.25, -0.2) is 8.42 Å². The second-order valence-corrected chi connectivity index (χ2v) is 11.0. The summed E-state index contributed by atoms with van der Waals surface area (Å²) in [6, 6.07) is 11.7. The Balaban J connectivity index is 1.64. The number of carbonyl (C=O) groups is 2. The van der Waals surface area contributed by atoms with Crippen molar-refractivity contribution in [3.8, 4) is 11.5 Å². The molecule has 0 atom stereocenters. The van der Waals surface area contributed by atoms with E-state index in [1.165, 1.54) is 4.31 Å². The van der Waals surface area contributed by atoms with Crippen LogP contribution in [-0.4, -0.2) is 51.8 Å². The quantitative estimate of drug-likeness (QED) is 0.589. The molecule has 0 aliphatic carbocycles. The zero-order valence-electron chi connectivity index (χ0n) is 19.9. The molecule has 10 heteroatoms. The maximum atomic E-state index is 12.6. The lowest BCUT2D eigenvalue weighted by Crippen LogP contribution is -2.40. The Morgan fingerprint density at radius 1 is 1.03 bits per heavy atom. The van der Waals surface area contributed by atoms with Crippen LogP contribution in [0, 0.1) is 0 Å². The molecule has 34 heavy (non-hydrogen) atoms. The Kier molecular flexibility index (Phi) is 7.71. The SMILES string of the molecule is CC(C)(C)NC(=O)c1ccccc1NC(=O)CCCN(c1ccc2c(c1)OCCO2)S(C)(=O)=O. The van der Waals surface area contributed by atoms with Crippen molar-refractivity contribution >= 4 is 33.2 Å². The lowest BCUT2D eigenvalue weighted by molar-refractivity contribution is -0.116. The monoisotopic (exact) mass is 489 g/mol. The molecule has 2 aromatic carbocycles. The molecule has 2 amide bonds. The standard InChI is InChI=1S/C24H31N3O6S/c1-24(2,3)26-23(29)18-8-5-6-9-19(18)25-22(28)10-7-13-27(34(4,30)31)17-11-12-20-21(16-17)33-15-14-32-20/h5-6,8-9,11-12,16H,7,10,13-15H2,1-4H3,(H,25,28)(H,26,29). The van der Waals surface area contributed by atoms with E-state index in [0.29, 0.717) is 41.7 Å². The Hall–Kier alpha value is -3.27. The van der Waals surface area contributed by atoms with Crippen LogP contribution in [0.2, 0.25) is 0 Å². The Morgan fingerprint density at radius 2 is 1.71 bits per heavy atom. The number of anilines is 2. The van der Waals surface area contributed by atoms with Gasteiger partial charge in [-0.15, -0.1) is 0 Å². The van der Waals surface area contributed by atoms with Crippen molar-refractivity contribution < 1.29 is 27.5 Å². The van der Waals surface area contributed by atoms with Crippen LogP contribution >= 0.6 is 0 Å². The van der Waals surface area contributed by atoms with Crippen LogP contribution < -0.4 is 24.4 Å². The van der Waals surface area contributed by atoms with Crippen LogP contribution in [-0.2, 0) is 14.8 Å². The van der Waals surface area contributed by atoms with E-state index >= 15 is 0 Å². The molecule has 2 N–H and O–H groups in total. The largest absolute Gasteiger partial charge is 0.486 e. The second kappa shape index (κ2) is 10.3. The molecule has 9 nitrogen and oxygen atoms in total. The number of amides is 2. The highest BCUT2D eigenvalue weighted by Gasteiger charge is 2.22. The highest BCUT2D eigenvalue weighted by molar-refractivity contribution is 7.92. The fourth-order valence-corrected chi connectivity index (χ4v) is 4.42. The van der Waals surface area contributed by atoms with E-state index in [0.717, 1.165) is 6.26 Å². The molecule has 1 aliphatic heterocycles. The molecule has 0 radical (unpaired) electrons. The molecule has 0 unspecified atom stereocenters. The predicted octanol–water partition coefficient (Wildman–Crippen LogP) is 3.17. The molecule has 1 aliphatic rings. The third-order valence-corrected chi connectivity index (χ3v) is 6.11. The number of benzene rings is 2. The van der Waals surface area contributed by atoms with Gasteiger partial charge in [0.05, 0.1) is 23.2 Å². The van der Waals surface area contributed by atoms with Crippen molar-refractivity contribution in [1.29, 1.82) is 0 Å². The average molecular weight is 490 g/mol. The fourth-order valence-electron chi connectivity index (χ4n) is 3.47. The Labute approximate surface area is 200 Å². The van der Waals surface area contributed by atoms with Crippen LogP contribution in [0.5, 0.6) is 11.5 Å². The fraction of sp³-hybridized carbons (Fsp3) is 0.417. The van der Waals surface area contributed by atoms with Crippen molar-refractivity contribution in [1.82, 2.24) is 5.32 Å². The summed E-state index contributed by atoms with van der Waals surface area (Å²) < 4.78 is 37.1. The average Bonchev–Trinajstić information content (AvgIpc) is 2.74. The lowest BCUT2D eigenvalue weighted by atomic mass is 10.1. The van der Waals surface area contributed by atoms with Crippen molar-refractivity contribution in [3.05, 3.63) is 48.0 Å². The zero-order chi connectivity index (χ0) is 24.9. The normalized spacial score (nSPS) is 13.2. The van der Waals surface area contributed by atoms with E-state index < -0.39 is 15.6 Å². The molecular formula is C24H31N3O6S. The van der Waals surface area contributed by atoms with Crippen molar-refractivity contribution in [2.45, 2.75) is 39.2 Å². The summed E-state index contributed by atoms with van der Waals surface area (Å²) in [5.74, 6) is 0.453. The maximum Gasteiger partial charge on any atom is 0.253 e. The Morgan fingerprint density at radius 3 is 2.38 bits per heavy atom. The molecule has 184 valence electrons. The van der Waals surface area contributed by atoms with Crippen molar-refractivity contribution in [3.63, 3.8) is 0 Å². The molecule has 1 heterocycles. The molecule has 0 fully saturated rings. The molecule has 0 saturated carbocycles. The first-order valence-corrected chi connectivity index (χ1v) is 12.9. The number of ether oxygens (including phenoxy) is 2. The van der Waals surface area contributed by atoms with Gasteiger partial charge in [0.25, 0.3) is 5.91 Å². The number of hydrogen-bond donors (Lipinski definition) is 2. The maximum absolute atomic E-state index is 12.6.